The zero-order valence-electron chi connectivity index (χ0n) is 7.59. The summed E-state index contributed by atoms with van der Waals surface area (Å²) in [5.74, 6) is 0. The SMILES string of the molecule is Cc1c(N)c(N)c(C)c(N=S)c1N. The number of nitrogens with two attached hydrogens (primary N) is 3. The van der Waals surface area contributed by atoms with Crippen molar-refractivity contribution in [3.8, 4) is 0 Å². The summed E-state index contributed by atoms with van der Waals surface area (Å²) in [5, 5.41) is 0. The van der Waals surface area contributed by atoms with Crippen LogP contribution in [0.3, 0.4) is 0 Å². The highest BCUT2D eigenvalue weighted by Gasteiger charge is 2.13. The summed E-state index contributed by atoms with van der Waals surface area (Å²) in [6, 6.07) is 0. The van der Waals surface area contributed by atoms with Crippen LogP contribution in [-0.2, 0) is 12.4 Å². The lowest BCUT2D eigenvalue weighted by Gasteiger charge is -2.13. The molecule has 0 atom stereocenters. The Kier molecular flexibility index (Phi) is 2.38. The zero-order chi connectivity index (χ0) is 10.2. The second-order valence-corrected chi connectivity index (χ2v) is 3.11. The topological polar surface area (TPSA) is 90.4 Å². The van der Waals surface area contributed by atoms with Crippen molar-refractivity contribution in [1.82, 2.24) is 0 Å². The van der Waals surface area contributed by atoms with Gasteiger partial charge in [-0.3, -0.25) is 0 Å². The van der Waals surface area contributed by atoms with Gasteiger partial charge in [-0.05, 0) is 19.4 Å². The van der Waals surface area contributed by atoms with Gasteiger partial charge in [0.25, 0.3) is 0 Å². The standard InChI is InChI=1S/C8H12N4S/c1-3-5(9)6(10)4(2)8(12-13)7(3)11/h9-11H2,1-2H3. The predicted molar refractivity (Wildman–Crippen MR) is 58.6 cm³/mol. The van der Waals surface area contributed by atoms with Crippen LogP contribution in [0.4, 0.5) is 22.7 Å². The van der Waals surface area contributed by atoms with Gasteiger partial charge in [-0.15, -0.1) is 0 Å². The van der Waals surface area contributed by atoms with Crippen molar-refractivity contribution in [2.45, 2.75) is 13.8 Å². The van der Waals surface area contributed by atoms with Gasteiger partial charge >= 0.3 is 0 Å². The molecule has 1 rings (SSSR count). The minimum absolute atomic E-state index is 0.510. The zero-order valence-corrected chi connectivity index (χ0v) is 8.40. The summed E-state index contributed by atoms with van der Waals surface area (Å²) in [5.41, 5.74) is 20.8. The molecule has 4 nitrogen and oxygen atoms in total. The van der Waals surface area contributed by atoms with Crippen molar-refractivity contribution in [2.75, 3.05) is 17.2 Å². The highest BCUT2D eigenvalue weighted by molar-refractivity contribution is 7.47. The molecule has 6 N–H and O–H groups in total. The van der Waals surface area contributed by atoms with E-state index in [0.717, 1.165) is 11.1 Å². The number of benzene rings is 1. The van der Waals surface area contributed by atoms with Gasteiger partial charge in [0.2, 0.25) is 0 Å². The van der Waals surface area contributed by atoms with Crippen LogP contribution in [0.1, 0.15) is 11.1 Å². The molecule has 70 valence electrons. The third-order valence-electron chi connectivity index (χ3n) is 2.20. The molecule has 0 aliphatic rings. The van der Waals surface area contributed by atoms with Crippen molar-refractivity contribution >= 4 is 35.2 Å². The smallest absolute Gasteiger partial charge is 0.105 e. The molecule has 0 aliphatic carbocycles. The van der Waals surface area contributed by atoms with E-state index in [4.69, 9.17) is 17.2 Å². The van der Waals surface area contributed by atoms with E-state index in [2.05, 4.69) is 16.8 Å². The number of anilines is 3. The maximum absolute atomic E-state index is 5.77. The summed E-state index contributed by atoms with van der Waals surface area (Å²) in [7, 11) is 0. The lowest BCUT2D eigenvalue weighted by atomic mass is 10.0. The van der Waals surface area contributed by atoms with E-state index in [1.54, 1.807) is 13.8 Å². The molecule has 5 heteroatoms. The Bertz CT molecular complexity index is 344. The molecular formula is C8H12N4S. The monoisotopic (exact) mass is 196 g/mol. The fourth-order valence-corrected chi connectivity index (χ4v) is 1.41. The number of hydrogen-bond donors (Lipinski definition) is 3. The summed E-state index contributed by atoms with van der Waals surface area (Å²) in [4.78, 5) is 0. The molecular weight excluding hydrogens is 184 g/mol. The van der Waals surface area contributed by atoms with Gasteiger partial charge < -0.3 is 17.2 Å². The van der Waals surface area contributed by atoms with E-state index in [-0.39, 0.29) is 0 Å². The molecule has 0 heterocycles. The van der Waals surface area contributed by atoms with Crippen LogP contribution in [0.15, 0.2) is 4.36 Å². The van der Waals surface area contributed by atoms with Crippen LogP contribution in [0, 0.1) is 13.8 Å². The van der Waals surface area contributed by atoms with Gasteiger partial charge in [0.1, 0.15) is 5.69 Å². The fraction of sp³-hybridized carbons (Fsp3) is 0.250. The minimum Gasteiger partial charge on any atom is -0.397 e. The van der Waals surface area contributed by atoms with Crippen molar-refractivity contribution in [1.29, 1.82) is 0 Å². The Balaban J connectivity index is 3.66. The summed E-state index contributed by atoms with van der Waals surface area (Å²) >= 11 is 4.60. The lowest BCUT2D eigenvalue weighted by Crippen LogP contribution is -2.04. The van der Waals surface area contributed by atoms with Crippen molar-refractivity contribution in [2.24, 2.45) is 4.36 Å². The average molecular weight is 196 g/mol. The summed E-state index contributed by atoms with van der Waals surface area (Å²) < 4.78 is 3.66. The largest absolute Gasteiger partial charge is 0.397 e. The third kappa shape index (κ3) is 1.31. The Morgan fingerprint density at radius 3 is 1.85 bits per heavy atom. The Labute approximate surface area is 82.3 Å². The van der Waals surface area contributed by atoms with E-state index < -0.39 is 0 Å². The molecule has 0 unspecified atom stereocenters. The second-order valence-electron chi connectivity index (χ2n) is 2.93. The minimum atomic E-state index is 0.510. The molecule has 0 saturated heterocycles. The van der Waals surface area contributed by atoms with E-state index in [1.807, 2.05) is 0 Å². The van der Waals surface area contributed by atoms with Gasteiger partial charge in [-0.25, -0.2) is 0 Å². The number of hydrogen-bond acceptors (Lipinski definition) is 5. The molecule has 0 bridgehead atoms. The maximum Gasteiger partial charge on any atom is 0.105 e. The normalized spacial score (nSPS) is 10.0. The molecule has 0 radical (unpaired) electrons. The molecule has 0 aromatic heterocycles. The van der Waals surface area contributed by atoms with Crippen molar-refractivity contribution in [3.63, 3.8) is 0 Å². The first-order valence-corrected chi connectivity index (χ1v) is 4.14. The lowest BCUT2D eigenvalue weighted by molar-refractivity contribution is 1.37. The van der Waals surface area contributed by atoms with E-state index >= 15 is 0 Å². The van der Waals surface area contributed by atoms with Crippen LogP contribution >= 0.6 is 0 Å². The molecule has 13 heavy (non-hydrogen) atoms. The Hall–Kier alpha value is -1.36. The summed E-state index contributed by atoms with van der Waals surface area (Å²) in [6.45, 7) is 3.59. The first kappa shape index (κ1) is 9.73. The molecule has 0 amide bonds. The fourth-order valence-electron chi connectivity index (χ4n) is 1.17. The van der Waals surface area contributed by atoms with Crippen molar-refractivity contribution in [3.05, 3.63) is 11.1 Å². The number of nitrogen functional groups attached to an aromatic ring is 3. The highest BCUT2D eigenvalue weighted by atomic mass is 32.1. The number of rotatable bonds is 1. The van der Waals surface area contributed by atoms with Gasteiger partial charge in [0, 0.05) is 18.0 Å². The van der Waals surface area contributed by atoms with E-state index in [9.17, 15) is 0 Å². The quantitative estimate of drug-likeness (QED) is 0.592. The van der Waals surface area contributed by atoms with Crippen LogP contribution in [0.25, 0.3) is 0 Å². The molecule has 1 aromatic carbocycles. The Morgan fingerprint density at radius 2 is 1.38 bits per heavy atom. The van der Waals surface area contributed by atoms with E-state index in [1.165, 1.54) is 0 Å². The van der Waals surface area contributed by atoms with Crippen LogP contribution in [0.2, 0.25) is 0 Å². The van der Waals surface area contributed by atoms with Crippen LogP contribution in [0.5, 0.6) is 0 Å². The predicted octanol–water partition coefficient (Wildman–Crippen LogP) is 1.41. The molecule has 0 spiro atoms. The molecule has 0 fully saturated rings. The van der Waals surface area contributed by atoms with Gasteiger partial charge in [-0.1, -0.05) is 0 Å². The Morgan fingerprint density at radius 1 is 0.923 bits per heavy atom. The molecule has 1 aromatic rings. The van der Waals surface area contributed by atoms with Gasteiger partial charge in [0.15, 0.2) is 0 Å². The third-order valence-corrected chi connectivity index (χ3v) is 2.39. The van der Waals surface area contributed by atoms with Crippen molar-refractivity contribution < 1.29 is 0 Å². The van der Waals surface area contributed by atoms with Crippen LogP contribution in [-0.4, -0.2) is 0 Å². The number of nitrogens with zero attached hydrogens (tertiary/aromatic N) is 1. The highest BCUT2D eigenvalue weighted by Crippen LogP contribution is 2.38. The first-order valence-electron chi connectivity index (χ1n) is 3.77. The maximum atomic E-state index is 5.77. The average Bonchev–Trinajstić information content (AvgIpc) is 2.13. The van der Waals surface area contributed by atoms with Gasteiger partial charge in [-0.2, -0.15) is 4.36 Å². The molecule has 0 saturated carbocycles. The first-order chi connectivity index (χ1) is 6.00. The second kappa shape index (κ2) is 3.18. The van der Waals surface area contributed by atoms with Crippen LogP contribution < -0.4 is 17.2 Å². The van der Waals surface area contributed by atoms with Gasteiger partial charge in [0.05, 0.1) is 17.1 Å². The van der Waals surface area contributed by atoms with E-state index in [0.29, 0.717) is 22.7 Å². The summed E-state index contributed by atoms with van der Waals surface area (Å²) in [6.07, 6.45) is 0. The molecule has 0 aliphatic heterocycles.